The number of esters is 1. The molecule has 1 amide bonds. The number of hydrogen-bond acceptors (Lipinski definition) is 5. The molecule has 0 aliphatic carbocycles. The summed E-state index contributed by atoms with van der Waals surface area (Å²) in [6.07, 6.45) is -0.0230. The second-order valence-corrected chi connectivity index (χ2v) is 7.10. The number of carbonyl (C=O) groups excluding carboxylic acids is 2. The SMILES string of the molecule is O=C(OCc1ccccc1)[C@H]1CS(=O)(=O)[C@@H]2CC(=O)N12. The number of nitrogens with zero attached hydrogens (tertiary/aromatic N) is 1. The van der Waals surface area contributed by atoms with Crippen LogP contribution in [0.2, 0.25) is 0 Å². The summed E-state index contributed by atoms with van der Waals surface area (Å²) in [5.74, 6) is -1.30. The predicted molar refractivity (Wildman–Crippen MR) is 69.1 cm³/mol. The van der Waals surface area contributed by atoms with Gasteiger partial charge in [-0.25, -0.2) is 13.2 Å². The quantitative estimate of drug-likeness (QED) is 0.583. The lowest BCUT2D eigenvalue weighted by atomic mass is 10.1. The molecule has 2 aliphatic rings. The lowest BCUT2D eigenvalue weighted by molar-refractivity contribution is -0.160. The molecule has 20 heavy (non-hydrogen) atoms. The molecule has 1 aromatic carbocycles. The summed E-state index contributed by atoms with van der Waals surface area (Å²) in [6, 6.07) is 8.09. The lowest BCUT2D eigenvalue weighted by Gasteiger charge is -2.35. The third-order valence-electron chi connectivity index (χ3n) is 3.58. The van der Waals surface area contributed by atoms with E-state index in [2.05, 4.69) is 0 Å². The van der Waals surface area contributed by atoms with Crippen LogP contribution < -0.4 is 0 Å². The number of hydrogen-bond donors (Lipinski definition) is 0. The summed E-state index contributed by atoms with van der Waals surface area (Å²) in [6.45, 7) is 0.0723. The number of benzene rings is 1. The van der Waals surface area contributed by atoms with Crippen LogP contribution in [0.4, 0.5) is 0 Å². The number of rotatable bonds is 3. The Balaban J connectivity index is 1.67. The molecule has 0 bridgehead atoms. The fraction of sp³-hybridized carbons (Fsp3) is 0.385. The maximum atomic E-state index is 12.0. The van der Waals surface area contributed by atoms with Crippen LogP contribution in [0.25, 0.3) is 0 Å². The van der Waals surface area contributed by atoms with E-state index in [-0.39, 0.29) is 24.7 Å². The molecule has 0 spiro atoms. The molecule has 7 heteroatoms. The summed E-state index contributed by atoms with van der Waals surface area (Å²) in [7, 11) is -3.39. The van der Waals surface area contributed by atoms with Gasteiger partial charge in [-0.05, 0) is 5.56 Å². The summed E-state index contributed by atoms with van der Waals surface area (Å²) in [4.78, 5) is 24.5. The average Bonchev–Trinajstić information content (AvgIpc) is 2.63. The Bertz CT molecular complexity index is 655. The van der Waals surface area contributed by atoms with Crippen LogP contribution in [-0.4, -0.2) is 42.4 Å². The van der Waals surface area contributed by atoms with Gasteiger partial charge in [-0.1, -0.05) is 30.3 Å². The Morgan fingerprint density at radius 1 is 1.30 bits per heavy atom. The third kappa shape index (κ3) is 2.07. The Labute approximate surface area is 116 Å². The molecule has 2 saturated heterocycles. The Morgan fingerprint density at radius 3 is 2.65 bits per heavy atom. The van der Waals surface area contributed by atoms with Gasteiger partial charge in [0.15, 0.2) is 9.84 Å². The molecule has 0 radical (unpaired) electrons. The number of carbonyl (C=O) groups is 2. The van der Waals surface area contributed by atoms with Crippen LogP contribution in [0.1, 0.15) is 12.0 Å². The van der Waals surface area contributed by atoms with Crippen LogP contribution in [0.5, 0.6) is 0 Å². The Hall–Kier alpha value is -1.89. The van der Waals surface area contributed by atoms with Crippen LogP contribution in [0, 0.1) is 0 Å². The molecular formula is C13H13NO5S. The summed E-state index contributed by atoms with van der Waals surface area (Å²) < 4.78 is 28.6. The van der Waals surface area contributed by atoms with Crippen molar-refractivity contribution in [2.24, 2.45) is 0 Å². The van der Waals surface area contributed by atoms with Crippen molar-refractivity contribution in [3.05, 3.63) is 35.9 Å². The highest BCUT2D eigenvalue weighted by Gasteiger charge is 2.58. The van der Waals surface area contributed by atoms with Gasteiger partial charge in [0.2, 0.25) is 5.91 Å². The molecule has 0 aromatic heterocycles. The van der Waals surface area contributed by atoms with Gasteiger partial charge in [0.1, 0.15) is 18.0 Å². The van der Waals surface area contributed by atoms with E-state index in [9.17, 15) is 18.0 Å². The fourth-order valence-electron chi connectivity index (χ4n) is 2.49. The van der Waals surface area contributed by atoms with Crippen molar-refractivity contribution in [2.75, 3.05) is 5.75 Å². The zero-order chi connectivity index (χ0) is 14.3. The van der Waals surface area contributed by atoms with Gasteiger partial charge in [0, 0.05) is 0 Å². The third-order valence-corrected chi connectivity index (χ3v) is 5.59. The summed E-state index contributed by atoms with van der Waals surface area (Å²) in [5.41, 5.74) is 0.813. The zero-order valence-electron chi connectivity index (χ0n) is 10.6. The zero-order valence-corrected chi connectivity index (χ0v) is 11.4. The second kappa shape index (κ2) is 4.59. The molecule has 106 valence electrons. The highest BCUT2D eigenvalue weighted by molar-refractivity contribution is 7.92. The molecular weight excluding hydrogens is 282 g/mol. The minimum Gasteiger partial charge on any atom is -0.459 e. The molecule has 3 rings (SSSR count). The number of ether oxygens (including phenoxy) is 1. The molecule has 2 aliphatic heterocycles. The van der Waals surface area contributed by atoms with E-state index in [4.69, 9.17) is 4.74 Å². The predicted octanol–water partition coefficient (Wildman–Crippen LogP) is 0.0852. The van der Waals surface area contributed by atoms with Gasteiger partial charge in [-0.15, -0.1) is 0 Å². The van der Waals surface area contributed by atoms with E-state index in [0.717, 1.165) is 10.5 Å². The second-order valence-electron chi connectivity index (χ2n) is 4.90. The monoisotopic (exact) mass is 295 g/mol. The molecule has 2 heterocycles. The van der Waals surface area contributed by atoms with Crippen LogP contribution in [0.3, 0.4) is 0 Å². The molecule has 0 saturated carbocycles. The van der Waals surface area contributed by atoms with Crippen molar-refractivity contribution in [2.45, 2.75) is 24.4 Å². The normalized spacial score (nSPS) is 26.8. The minimum atomic E-state index is -3.39. The molecule has 1 aromatic rings. The van der Waals surface area contributed by atoms with Crippen molar-refractivity contribution in [1.82, 2.24) is 4.90 Å². The van der Waals surface area contributed by atoms with Gasteiger partial charge in [0.05, 0.1) is 12.2 Å². The van der Waals surface area contributed by atoms with Gasteiger partial charge >= 0.3 is 5.97 Å². The first-order chi connectivity index (χ1) is 9.49. The van der Waals surface area contributed by atoms with Crippen molar-refractivity contribution in [1.29, 1.82) is 0 Å². The van der Waals surface area contributed by atoms with Crippen LogP contribution in [-0.2, 0) is 30.8 Å². The summed E-state index contributed by atoms with van der Waals surface area (Å²) >= 11 is 0. The van der Waals surface area contributed by atoms with Gasteiger partial charge in [-0.2, -0.15) is 0 Å². The smallest absolute Gasteiger partial charge is 0.330 e. The van der Waals surface area contributed by atoms with E-state index < -0.39 is 27.2 Å². The van der Waals surface area contributed by atoms with E-state index >= 15 is 0 Å². The maximum absolute atomic E-state index is 12.0. The van der Waals surface area contributed by atoms with Crippen molar-refractivity contribution >= 4 is 21.7 Å². The maximum Gasteiger partial charge on any atom is 0.330 e. The van der Waals surface area contributed by atoms with Crippen LogP contribution in [0.15, 0.2) is 30.3 Å². The van der Waals surface area contributed by atoms with E-state index in [1.54, 1.807) is 12.1 Å². The standard InChI is InChI=1S/C13H13NO5S/c15-11-6-12-14(11)10(8-20(12,17)18)13(16)19-7-9-4-2-1-3-5-9/h1-5,10,12H,6-8H2/t10-,12-/m1/s1. The van der Waals surface area contributed by atoms with Gasteiger partial charge in [0.25, 0.3) is 0 Å². The molecule has 0 N–H and O–H groups in total. The highest BCUT2D eigenvalue weighted by Crippen LogP contribution is 2.35. The minimum absolute atomic E-state index is 0.0230. The van der Waals surface area contributed by atoms with Gasteiger partial charge in [-0.3, -0.25) is 4.79 Å². The number of β-lactam (4-membered cyclic amide) rings is 1. The molecule has 0 unspecified atom stereocenters. The van der Waals surface area contributed by atoms with Crippen molar-refractivity contribution < 1.29 is 22.7 Å². The number of amides is 1. The topological polar surface area (TPSA) is 80.8 Å². The van der Waals surface area contributed by atoms with Gasteiger partial charge < -0.3 is 9.64 Å². The van der Waals surface area contributed by atoms with Crippen molar-refractivity contribution in [3.8, 4) is 0 Å². The Kier molecular flexibility index (Phi) is 3.01. The highest BCUT2D eigenvalue weighted by atomic mass is 32.2. The van der Waals surface area contributed by atoms with Crippen molar-refractivity contribution in [3.63, 3.8) is 0 Å². The van der Waals surface area contributed by atoms with E-state index in [0.29, 0.717) is 0 Å². The van der Waals surface area contributed by atoms with Crippen LogP contribution >= 0.6 is 0 Å². The van der Waals surface area contributed by atoms with E-state index in [1.807, 2.05) is 18.2 Å². The van der Waals surface area contributed by atoms with E-state index in [1.165, 1.54) is 0 Å². The first-order valence-electron chi connectivity index (χ1n) is 6.22. The first kappa shape index (κ1) is 13.1. The average molecular weight is 295 g/mol. The molecule has 2 atom stereocenters. The summed E-state index contributed by atoms with van der Waals surface area (Å²) in [5, 5.41) is -0.829. The first-order valence-corrected chi connectivity index (χ1v) is 7.94. The largest absolute Gasteiger partial charge is 0.459 e. The number of sulfone groups is 1. The Morgan fingerprint density at radius 2 is 2.00 bits per heavy atom. The fourth-order valence-corrected chi connectivity index (χ4v) is 4.46. The number of fused-ring (bicyclic) bond motifs is 1. The lowest BCUT2D eigenvalue weighted by Crippen LogP contribution is -2.56. The molecule has 2 fully saturated rings. The molecule has 6 nitrogen and oxygen atoms in total.